The Morgan fingerprint density at radius 2 is 1.78 bits per heavy atom. The molecule has 0 saturated heterocycles. The number of nitrogens with zero attached hydrogens (tertiary/aromatic N) is 2. The summed E-state index contributed by atoms with van der Waals surface area (Å²) in [6, 6.07) is 6.36. The lowest BCUT2D eigenvalue weighted by molar-refractivity contribution is -0.0498. The van der Waals surface area contributed by atoms with E-state index < -0.39 is 6.61 Å². The second kappa shape index (κ2) is 5.08. The smallest absolute Gasteiger partial charge is 0.387 e. The highest BCUT2D eigenvalue weighted by atomic mass is 19.3. The third-order valence-corrected chi connectivity index (χ3v) is 2.43. The Balaban J connectivity index is 2.31. The van der Waals surface area contributed by atoms with Gasteiger partial charge in [-0.2, -0.15) is 8.78 Å². The highest BCUT2D eigenvalue weighted by Gasteiger charge is 2.07. The van der Waals surface area contributed by atoms with Gasteiger partial charge in [0.05, 0.1) is 17.1 Å². The lowest BCUT2D eigenvalue weighted by atomic mass is 10.1. The van der Waals surface area contributed by atoms with Gasteiger partial charge in [0, 0.05) is 11.8 Å². The predicted molar refractivity (Wildman–Crippen MR) is 63.6 cm³/mol. The zero-order valence-electron chi connectivity index (χ0n) is 10.0. The summed E-state index contributed by atoms with van der Waals surface area (Å²) in [5.41, 5.74) is 3.18. The molecule has 0 unspecified atom stereocenters. The van der Waals surface area contributed by atoms with E-state index in [-0.39, 0.29) is 5.75 Å². The zero-order valence-corrected chi connectivity index (χ0v) is 10.0. The molecule has 0 aliphatic heterocycles. The molecule has 0 atom stereocenters. The SMILES string of the molecule is Cc1cnc(C)c(-c2ccc(OC(F)F)cc2)n1. The van der Waals surface area contributed by atoms with Crippen LogP contribution in [0.4, 0.5) is 8.78 Å². The van der Waals surface area contributed by atoms with E-state index in [0.717, 1.165) is 22.6 Å². The second-order valence-electron chi connectivity index (χ2n) is 3.85. The Bertz CT molecular complexity index is 541. The van der Waals surface area contributed by atoms with E-state index in [1.807, 2.05) is 13.8 Å². The van der Waals surface area contributed by atoms with Gasteiger partial charge in [-0.1, -0.05) is 0 Å². The molecular formula is C13H12F2N2O. The van der Waals surface area contributed by atoms with Crippen LogP contribution in [0.1, 0.15) is 11.4 Å². The van der Waals surface area contributed by atoms with Crippen molar-refractivity contribution in [3.8, 4) is 17.0 Å². The van der Waals surface area contributed by atoms with Gasteiger partial charge in [0.25, 0.3) is 0 Å². The third-order valence-electron chi connectivity index (χ3n) is 2.43. The van der Waals surface area contributed by atoms with Crippen LogP contribution in [0.25, 0.3) is 11.3 Å². The summed E-state index contributed by atoms with van der Waals surface area (Å²) >= 11 is 0. The average molecular weight is 250 g/mol. The summed E-state index contributed by atoms with van der Waals surface area (Å²) in [4.78, 5) is 8.59. The van der Waals surface area contributed by atoms with Crippen LogP contribution in [0.2, 0.25) is 0 Å². The summed E-state index contributed by atoms with van der Waals surface area (Å²) in [7, 11) is 0. The van der Waals surface area contributed by atoms with Gasteiger partial charge < -0.3 is 4.74 Å². The minimum absolute atomic E-state index is 0.131. The topological polar surface area (TPSA) is 35.0 Å². The average Bonchev–Trinajstić information content (AvgIpc) is 2.33. The number of alkyl halides is 2. The van der Waals surface area contributed by atoms with Crippen molar-refractivity contribution in [3.05, 3.63) is 41.9 Å². The van der Waals surface area contributed by atoms with Crippen LogP contribution >= 0.6 is 0 Å². The number of ether oxygens (including phenoxy) is 1. The lowest BCUT2D eigenvalue weighted by Gasteiger charge is -2.07. The monoisotopic (exact) mass is 250 g/mol. The van der Waals surface area contributed by atoms with Crippen molar-refractivity contribution in [1.82, 2.24) is 9.97 Å². The van der Waals surface area contributed by atoms with Gasteiger partial charge in [-0.25, -0.2) is 4.98 Å². The molecule has 0 fully saturated rings. The first-order chi connectivity index (χ1) is 8.56. The third kappa shape index (κ3) is 2.80. The van der Waals surface area contributed by atoms with Crippen LogP contribution < -0.4 is 4.74 Å². The number of aryl methyl sites for hydroxylation is 2. The Kier molecular flexibility index (Phi) is 3.50. The minimum Gasteiger partial charge on any atom is -0.435 e. The molecule has 0 N–H and O–H groups in total. The van der Waals surface area contributed by atoms with Gasteiger partial charge >= 0.3 is 6.61 Å². The molecule has 0 amide bonds. The number of rotatable bonds is 3. The number of aromatic nitrogens is 2. The second-order valence-corrected chi connectivity index (χ2v) is 3.85. The first-order valence-corrected chi connectivity index (χ1v) is 5.42. The molecule has 0 aliphatic carbocycles. The highest BCUT2D eigenvalue weighted by Crippen LogP contribution is 2.23. The van der Waals surface area contributed by atoms with E-state index in [0.29, 0.717) is 0 Å². The molecular weight excluding hydrogens is 238 g/mol. The number of benzene rings is 1. The maximum Gasteiger partial charge on any atom is 0.387 e. The maximum atomic E-state index is 12.0. The summed E-state index contributed by atoms with van der Waals surface area (Å²) in [5.74, 6) is 0.131. The fourth-order valence-electron chi connectivity index (χ4n) is 1.61. The van der Waals surface area contributed by atoms with Gasteiger partial charge in [0.1, 0.15) is 5.75 Å². The van der Waals surface area contributed by atoms with Gasteiger partial charge in [0.15, 0.2) is 0 Å². The number of hydrogen-bond donors (Lipinski definition) is 0. The molecule has 3 nitrogen and oxygen atoms in total. The Hall–Kier alpha value is -2.04. The van der Waals surface area contributed by atoms with Crippen LogP contribution in [0.3, 0.4) is 0 Å². The Morgan fingerprint density at radius 3 is 2.39 bits per heavy atom. The van der Waals surface area contributed by atoms with Crippen molar-refractivity contribution in [2.75, 3.05) is 0 Å². The molecule has 1 aromatic heterocycles. The summed E-state index contributed by atoms with van der Waals surface area (Å²) in [6.45, 7) is 0.895. The summed E-state index contributed by atoms with van der Waals surface area (Å²) in [6.07, 6.45) is 1.69. The van der Waals surface area contributed by atoms with E-state index >= 15 is 0 Å². The quantitative estimate of drug-likeness (QED) is 0.837. The standard InChI is InChI=1S/C13H12F2N2O/c1-8-7-16-9(2)12(17-8)10-3-5-11(6-4-10)18-13(14)15/h3-7,13H,1-2H3. The fraction of sp³-hybridized carbons (Fsp3) is 0.231. The molecule has 2 rings (SSSR count). The number of hydrogen-bond acceptors (Lipinski definition) is 3. The predicted octanol–water partition coefficient (Wildman–Crippen LogP) is 3.36. The molecule has 2 aromatic rings. The maximum absolute atomic E-state index is 12.0. The first-order valence-electron chi connectivity index (χ1n) is 5.42. The Morgan fingerprint density at radius 1 is 1.11 bits per heavy atom. The molecule has 1 heterocycles. The van der Waals surface area contributed by atoms with E-state index in [1.54, 1.807) is 18.3 Å². The van der Waals surface area contributed by atoms with Crippen LogP contribution in [-0.4, -0.2) is 16.6 Å². The van der Waals surface area contributed by atoms with Crippen molar-refractivity contribution in [1.29, 1.82) is 0 Å². The minimum atomic E-state index is -2.81. The molecule has 18 heavy (non-hydrogen) atoms. The van der Waals surface area contributed by atoms with Gasteiger partial charge in [0.2, 0.25) is 0 Å². The Labute approximate surface area is 103 Å². The fourth-order valence-corrected chi connectivity index (χ4v) is 1.61. The van der Waals surface area contributed by atoms with Crippen LogP contribution in [0, 0.1) is 13.8 Å². The molecule has 1 aromatic carbocycles. The summed E-state index contributed by atoms with van der Waals surface area (Å²) in [5, 5.41) is 0. The van der Waals surface area contributed by atoms with Gasteiger partial charge in [-0.3, -0.25) is 4.98 Å². The van der Waals surface area contributed by atoms with Crippen molar-refractivity contribution in [3.63, 3.8) is 0 Å². The molecule has 94 valence electrons. The van der Waals surface area contributed by atoms with E-state index in [4.69, 9.17) is 0 Å². The highest BCUT2D eigenvalue weighted by molar-refractivity contribution is 5.62. The largest absolute Gasteiger partial charge is 0.435 e. The van der Waals surface area contributed by atoms with Crippen molar-refractivity contribution >= 4 is 0 Å². The lowest BCUT2D eigenvalue weighted by Crippen LogP contribution is -2.01. The zero-order chi connectivity index (χ0) is 13.1. The normalized spacial score (nSPS) is 10.7. The molecule has 0 spiro atoms. The van der Waals surface area contributed by atoms with Gasteiger partial charge in [-0.05, 0) is 38.1 Å². The molecule has 5 heteroatoms. The van der Waals surface area contributed by atoms with E-state index in [2.05, 4.69) is 14.7 Å². The van der Waals surface area contributed by atoms with E-state index in [1.165, 1.54) is 12.1 Å². The molecule has 0 saturated carbocycles. The van der Waals surface area contributed by atoms with Crippen LogP contribution in [0.5, 0.6) is 5.75 Å². The van der Waals surface area contributed by atoms with Gasteiger partial charge in [-0.15, -0.1) is 0 Å². The van der Waals surface area contributed by atoms with Crippen molar-refractivity contribution < 1.29 is 13.5 Å². The molecule has 0 radical (unpaired) electrons. The molecule has 0 aliphatic rings. The van der Waals surface area contributed by atoms with Crippen LogP contribution in [-0.2, 0) is 0 Å². The van der Waals surface area contributed by atoms with Crippen LogP contribution in [0.15, 0.2) is 30.5 Å². The van der Waals surface area contributed by atoms with E-state index in [9.17, 15) is 8.78 Å². The number of halogens is 2. The molecule has 0 bridgehead atoms. The van der Waals surface area contributed by atoms with Crippen molar-refractivity contribution in [2.45, 2.75) is 20.5 Å². The van der Waals surface area contributed by atoms with Crippen molar-refractivity contribution in [2.24, 2.45) is 0 Å². The first kappa shape index (κ1) is 12.4. The summed E-state index contributed by atoms with van der Waals surface area (Å²) < 4.78 is 28.3.